The van der Waals surface area contributed by atoms with Crippen LogP contribution in [0.25, 0.3) is 0 Å². The number of nitrogens with two attached hydrogens (primary N) is 1. The number of aromatic carboxylic acids is 1. The standard InChI is InChI=1S/C22H22Cl2F2N2O3.C15H20ClFN2O2.C7H4ClFO2.C2HF3O2.3H2/c23-17-7-3-14(9-19(17)25)22(30)27-11-13-1-4-15(5-2-13)28-21(29)12-31-16-6-8-18(24)20(26)10-16;16-13-6-5-12(7-14(13)17)21-9-15(20)19-11-3-1-10(8-18)2-4-11;8-5-2-1-4(7(10)11)3-6(5)9;3-2(4,5)1(6)7;;;/h3,6-10,13,15H,1-2,4-5,11-12H2,(H,27,30)(H,28,29);5-7,10-11H,1-4,8-9,18H2,(H,19,20);1-3H,(H,10,11);(H,6,7);3*1H. The summed E-state index contributed by atoms with van der Waals surface area (Å²) in [7, 11) is 0. The van der Waals surface area contributed by atoms with Crippen LogP contribution in [0.5, 0.6) is 11.5 Å². The highest BCUT2D eigenvalue weighted by Crippen LogP contribution is 2.26. The number of carboxylic acids is 2. The van der Waals surface area contributed by atoms with E-state index in [-0.39, 0.29) is 90.2 Å². The Bertz CT molecular complexity index is 2430. The van der Waals surface area contributed by atoms with Crippen molar-refractivity contribution in [3.63, 3.8) is 0 Å². The van der Waals surface area contributed by atoms with Gasteiger partial charge in [0.1, 0.15) is 34.8 Å². The van der Waals surface area contributed by atoms with Gasteiger partial charge in [0.15, 0.2) is 13.2 Å². The van der Waals surface area contributed by atoms with Gasteiger partial charge in [-0.2, -0.15) is 13.2 Å². The molecule has 24 heteroatoms. The number of hydrogen-bond acceptors (Lipinski definition) is 8. The first-order chi connectivity index (χ1) is 32.9. The average molecular weight is 1080 g/mol. The van der Waals surface area contributed by atoms with Crippen molar-refractivity contribution in [2.45, 2.75) is 69.6 Å². The van der Waals surface area contributed by atoms with Crippen LogP contribution in [-0.4, -0.2) is 84.4 Å². The molecule has 7 N–H and O–H groups in total. The molecule has 13 nitrogen and oxygen atoms in total. The van der Waals surface area contributed by atoms with Gasteiger partial charge in [0, 0.05) is 40.6 Å². The molecule has 0 aromatic heterocycles. The molecule has 70 heavy (non-hydrogen) atoms. The molecule has 0 heterocycles. The maximum atomic E-state index is 13.5. The van der Waals surface area contributed by atoms with Gasteiger partial charge in [-0.3, -0.25) is 14.4 Å². The first kappa shape index (κ1) is 58.8. The largest absolute Gasteiger partial charge is 0.490 e. The molecular formula is C46H53Cl4F7N4O9. The number of aliphatic carboxylic acids is 1. The van der Waals surface area contributed by atoms with Gasteiger partial charge in [-0.1, -0.05) is 46.4 Å². The third kappa shape index (κ3) is 21.2. The third-order valence-corrected chi connectivity index (χ3v) is 11.6. The molecule has 2 saturated carbocycles. The van der Waals surface area contributed by atoms with E-state index in [0.717, 1.165) is 69.6 Å². The van der Waals surface area contributed by atoms with Crippen molar-refractivity contribution in [2.24, 2.45) is 17.6 Å². The highest BCUT2D eigenvalue weighted by atomic mass is 35.5. The molecule has 0 unspecified atom stereocenters. The second-order valence-corrected chi connectivity index (χ2v) is 17.2. The highest BCUT2D eigenvalue weighted by molar-refractivity contribution is 6.31. The van der Waals surface area contributed by atoms with Crippen molar-refractivity contribution in [3.8, 4) is 11.5 Å². The predicted molar refractivity (Wildman–Crippen MR) is 253 cm³/mol. The Kier molecular flexibility index (Phi) is 24.3. The Morgan fingerprint density at radius 3 is 1.30 bits per heavy atom. The molecule has 0 bridgehead atoms. The molecule has 6 rings (SSSR count). The van der Waals surface area contributed by atoms with Crippen LogP contribution in [0.3, 0.4) is 0 Å². The average Bonchev–Trinajstić information content (AvgIpc) is 3.31. The van der Waals surface area contributed by atoms with Crippen LogP contribution in [0.4, 0.5) is 30.7 Å². The zero-order chi connectivity index (χ0) is 52.1. The number of halogens is 11. The summed E-state index contributed by atoms with van der Waals surface area (Å²) in [6.45, 7) is 0.855. The third-order valence-electron chi connectivity index (χ3n) is 10.4. The van der Waals surface area contributed by atoms with Crippen LogP contribution >= 0.6 is 46.4 Å². The minimum absolute atomic E-state index is 0. The number of nitrogens with one attached hydrogen (secondary N) is 3. The number of rotatable bonds is 13. The summed E-state index contributed by atoms with van der Waals surface area (Å²) in [6.07, 6.45) is 2.13. The van der Waals surface area contributed by atoms with E-state index in [9.17, 15) is 49.9 Å². The van der Waals surface area contributed by atoms with Crippen LogP contribution in [-0.2, 0) is 14.4 Å². The first-order valence-corrected chi connectivity index (χ1v) is 22.6. The fourth-order valence-corrected chi connectivity index (χ4v) is 7.10. The molecule has 2 fully saturated rings. The van der Waals surface area contributed by atoms with Gasteiger partial charge in [0.2, 0.25) is 0 Å². The number of carbonyl (C=O) groups excluding carboxylic acids is 3. The molecule has 0 aliphatic heterocycles. The first-order valence-electron chi connectivity index (χ1n) is 21.1. The lowest BCUT2D eigenvalue weighted by molar-refractivity contribution is -0.192. The number of carbonyl (C=O) groups is 5. The second-order valence-electron chi connectivity index (χ2n) is 15.6. The number of ether oxygens (including phenoxy) is 2. The van der Waals surface area contributed by atoms with E-state index in [4.69, 9.17) is 76.6 Å². The Labute approximate surface area is 421 Å². The van der Waals surface area contributed by atoms with Gasteiger partial charge in [-0.25, -0.2) is 27.2 Å². The molecule has 2 aliphatic rings. The lowest BCUT2D eigenvalue weighted by Gasteiger charge is -2.29. The monoisotopic (exact) mass is 1080 g/mol. The molecule has 388 valence electrons. The van der Waals surface area contributed by atoms with Crippen LogP contribution in [0.15, 0.2) is 72.8 Å². The zero-order valence-electron chi connectivity index (χ0n) is 36.7. The van der Waals surface area contributed by atoms with Crippen molar-refractivity contribution in [1.29, 1.82) is 0 Å². The maximum Gasteiger partial charge on any atom is 0.490 e. The summed E-state index contributed by atoms with van der Waals surface area (Å²) in [4.78, 5) is 55.2. The summed E-state index contributed by atoms with van der Waals surface area (Å²) >= 11 is 22.1. The smallest absolute Gasteiger partial charge is 0.484 e. The molecule has 4 aromatic rings. The lowest BCUT2D eigenvalue weighted by Crippen LogP contribution is -2.41. The Hall–Kier alpha value is -5.54. The summed E-state index contributed by atoms with van der Waals surface area (Å²) in [5.41, 5.74) is 5.76. The van der Waals surface area contributed by atoms with Gasteiger partial charge in [0.25, 0.3) is 17.7 Å². The minimum atomic E-state index is -5.08. The molecule has 2 aliphatic carbocycles. The van der Waals surface area contributed by atoms with Crippen molar-refractivity contribution < 1.29 is 78.7 Å². The topological polar surface area (TPSA) is 206 Å². The van der Waals surface area contributed by atoms with Crippen molar-refractivity contribution >= 4 is 76.1 Å². The van der Waals surface area contributed by atoms with Crippen molar-refractivity contribution in [1.82, 2.24) is 16.0 Å². The van der Waals surface area contributed by atoms with Gasteiger partial charge in [-0.15, -0.1) is 0 Å². The van der Waals surface area contributed by atoms with E-state index in [1.54, 1.807) is 0 Å². The second kappa shape index (κ2) is 29.0. The van der Waals surface area contributed by atoms with Gasteiger partial charge >= 0.3 is 18.1 Å². The Morgan fingerprint density at radius 1 is 0.586 bits per heavy atom. The molecule has 3 amide bonds. The predicted octanol–water partition coefficient (Wildman–Crippen LogP) is 10.8. The number of amides is 3. The van der Waals surface area contributed by atoms with Gasteiger partial charge in [0.05, 0.1) is 25.7 Å². The molecule has 0 saturated heterocycles. The molecule has 4 aromatic carbocycles. The number of benzene rings is 4. The highest BCUT2D eigenvalue weighted by Gasteiger charge is 2.38. The summed E-state index contributed by atoms with van der Waals surface area (Å²) < 4.78 is 94.9. The molecule has 0 atom stereocenters. The van der Waals surface area contributed by atoms with E-state index in [1.807, 2.05) is 0 Å². The number of hydrogen-bond donors (Lipinski definition) is 6. The van der Waals surface area contributed by atoms with Crippen molar-refractivity contribution in [3.05, 3.63) is 127 Å². The minimum Gasteiger partial charge on any atom is -0.484 e. The maximum absolute atomic E-state index is 13.5. The summed E-state index contributed by atoms with van der Waals surface area (Å²) in [5.74, 6) is -5.87. The van der Waals surface area contributed by atoms with E-state index in [1.165, 1.54) is 54.6 Å². The Balaban J connectivity index is 0.00000106. The number of carboxylic acid groups (broad SMARTS) is 2. The fraction of sp³-hybridized carbons (Fsp3) is 0.370. The lowest BCUT2D eigenvalue weighted by atomic mass is 9.86. The van der Waals surface area contributed by atoms with Crippen LogP contribution < -0.4 is 31.2 Å². The molecule has 0 spiro atoms. The van der Waals surface area contributed by atoms with E-state index < -0.39 is 41.4 Å². The molecule has 0 radical (unpaired) electrons. The SMILES string of the molecule is NCC1CCC(NC(=O)COc2ccc(Cl)c(F)c2)CC1.O=C(COc1ccc(Cl)c(F)c1)NC1CCC(CNC(=O)c2ccc(Cl)c(F)c2)CC1.O=C(O)C(F)(F)F.O=C(O)c1ccc(Cl)c(F)c1.[HH].[HH].[HH]. The number of alkyl halides is 3. The summed E-state index contributed by atoms with van der Waals surface area (Å²) in [5, 5.41) is 24.1. The quantitative estimate of drug-likeness (QED) is 0.0699. The van der Waals surface area contributed by atoms with Gasteiger partial charge < -0.3 is 41.4 Å². The van der Waals surface area contributed by atoms with Crippen molar-refractivity contribution in [2.75, 3.05) is 26.3 Å². The van der Waals surface area contributed by atoms with Crippen LogP contribution in [0, 0.1) is 35.1 Å². The van der Waals surface area contributed by atoms with Gasteiger partial charge in [-0.05, 0) is 130 Å². The fourth-order valence-electron chi connectivity index (χ4n) is 6.63. The van der Waals surface area contributed by atoms with E-state index in [2.05, 4.69) is 16.0 Å². The van der Waals surface area contributed by atoms with Crippen LogP contribution in [0.1, 0.15) is 76.4 Å². The Morgan fingerprint density at radius 2 is 0.943 bits per heavy atom. The zero-order valence-corrected chi connectivity index (χ0v) is 39.7. The van der Waals surface area contributed by atoms with E-state index >= 15 is 0 Å². The van der Waals surface area contributed by atoms with E-state index in [0.29, 0.717) is 24.8 Å². The normalized spacial score (nSPS) is 17.3. The molecular weight excluding hydrogens is 1030 g/mol. The summed E-state index contributed by atoms with van der Waals surface area (Å²) in [6, 6.07) is 15.6. The van der Waals surface area contributed by atoms with Crippen LogP contribution in [0.2, 0.25) is 20.1 Å².